The van der Waals surface area contributed by atoms with Gasteiger partial charge >= 0.3 is 0 Å². The van der Waals surface area contributed by atoms with Gasteiger partial charge < -0.3 is 11.1 Å². The summed E-state index contributed by atoms with van der Waals surface area (Å²) in [5.41, 5.74) is 5.21. The van der Waals surface area contributed by atoms with Crippen molar-refractivity contribution in [3.8, 4) is 0 Å². The zero-order valence-electron chi connectivity index (χ0n) is 11.0. The molecule has 0 radical (unpaired) electrons. The summed E-state index contributed by atoms with van der Waals surface area (Å²) in [5, 5.41) is 2.53. The smallest absolute Gasteiger partial charge is 0.251 e. The summed E-state index contributed by atoms with van der Waals surface area (Å²) >= 11 is 0. The summed E-state index contributed by atoms with van der Waals surface area (Å²) in [6.07, 6.45) is 0.478. The summed E-state index contributed by atoms with van der Waals surface area (Å²) in [7, 11) is 0. The highest BCUT2D eigenvalue weighted by atomic mass is 19.1. The third-order valence-electron chi connectivity index (χ3n) is 2.95. The van der Waals surface area contributed by atoms with Gasteiger partial charge in [-0.15, -0.1) is 0 Å². The van der Waals surface area contributed by atoms with Gasteiger partial charge in [-0.3, -0.25) is 4.79 Å². The van der Waals surface area contributed by atoms with Crippen LogP contribution in [0.3, 0.4) is 0 Å². The molecule has 3 N–H and O–H groups in total. The summed E-state index contributed by atoms with van der Waals surface area (Å²) in [4.78, 5) is 11.8. The number of amides is 1. The van der Waals surface area contributed by atoms with E-state index in [1.54, 1.807) is 12.1 Å². The number of nitrogen functional groups attached to an aromatic ring is 1. The van der Waals surface area contributed by atoms with Crippen molar-refractivity contribution in [2.75, 3.05) is 12.3 Å². The zero-order valence-corrected chi connectivity index (χ0v) is 11.0. The number of halogens is 3. The van der Waals surface area contributed by atoms with Gasteiger partial charge in [0.2, 0.25) is 0 Å². The lowest BCUT2D eigenvalue weighted by molar-refractivity contribution is 0.0953. The van der Waals surface area contributed by atoms with Crippen LogP contribution in [0.15, 0.2) is 36.4 Å². The molecule has 2 aromatic carbocycles. The molecule has 0 aliphatic rings. The van der Waals surface area contributed by atoms with E-state index in [1.807, 2.05) is 0 Å². The molecule has 1 amide bonds. The molecule has 0 aliphatic heterocycles. The molecule has 21 heavy (non-hydrogen) atoms. The highest BCUT2D eigenvalue weighted by molar-refractivity contribution is 5.94. The van der Waals surface area contributed by atoms with Crippen LogP contribution in [0.5, 0.6) is 0 Å². The van der Waals surface area contributed by atoms with E-state index in [1.165, 1.54) is 12.1 Å². The number of hydrogen-bond acceptors (Lipinski definition) is 2. The maximum absolute atomic E-state index is 13.2. The minimum Gasteiger partial charge on any atom is -0.394 e. The van der Waals surface area contributed by atoms with Crippen molar-refractivity contribution >= 4 is 11.6 Å². The molecule has 0 aliphatic carbocycles. The number of benzene rings is 2. The fourth-order valence-corrected chi connectivity index (χ4v) is 1.79. The van der Waals surface area contributed by atoms with Crippen molar-refractivity contribution in [3.63, 3.8) is 0 Å². The monoisotopic (exact) mass is 294 g/mol. The minimum absolute atomic E-state index is 0.140. The van der Waals surface area contributed by atoms with E-state index in [0.29, 0.717) is 6.42 Å². The van der Waals surface area contributed by atoms with Gasteiger partial charge in [0.05, 0.1) is 0 Å². The lowest BCUT2D eigenvalue weighted by Gasteiger charge is -2.07. The molecule has 0 spiro atoms. The van der Waals surface area contributed by atoms with Gasteiger partial charge in [-0.2, -0.15) is 0 Å². The largest absolute Gasteiger partial charge is 0.394 e. The first-order chi connectivity index (χ1) is 9.97. The molecule has 2 rings (SSSR count). The normalized spacial score (nSPS) is 10.4. The number of carbonyl (C=O) groups is 1. The van der Waals surface area contributed by atoms with Crippen molar-refractivity contribution in [1.29, 1.82) is 0 Å². The SMILES string of the molecule is Nc1c(F)cc(C(=O)NCCc2ccc(F)cc2)cc1F. The second-order valence-electron chi connectivity index (χ2n) is 4.49. The number of carbonyl (C=O) groups excluding carboxylic acids is 1. The Hall–Kier alpha value is -2.50. The first kappa shape index (κ1) is 14.9. The van der Waals surface area contributed by atoms with Gasteiger partial charge in [-0.05, 0) is 36.2 Å². The Morgan fingerprint density at radius 1 is 1.05 bits per heavy atom. The van der Waals surface area contributed by atoms with E-state index in [0.717, 1.165) is 17.7 Å². The Balaban J connectivity index is 1.94. The van der Waals surface area contributed by atoms with E-state index in [2.05, 4.69) is 5.32 Å². The van der Waals surface area contributed by atoms with Gasteiger partial charge in [0, 0.05) is 12.1 Å². The van der Waals surface area contributed by atoms with Crippen molar-refractivity contribution in [2.24, 2.45) is 0 Å². The van der Waals surface area contributed by atoms with Crippen LogP contribution in [0.25, 0.3) is 0 Å². The van der Waals surface area contributed by atoms with Crippen LogP contribution in [-0.2, 0) is 6.42 Å². The fourth-order valence-electron chi connectivity index (χ4n) is 1.79. The van der Waals surface area contributed by atoms with Gasteiger partial charge in [-0.25, -0.2) is 13.2 Å². The predicted molar refractivity (Wildman–Crippen MR) is 73.2 cm³/mol. The van der Waals surface area contributed by atoms with Crippen molar-refractivity contribution in [3.05, 3.63) is 65.0 Å². The lowest BCUT2D eigenvalue weighted by atomic mass is 10.1. The predicted octanol–water partition coefficient (Wildman–Crippen LogP) is 2.66. The second kappa shape index (κ2) is 6.30. The van der Waals surface area contributed by atoms with Crippen LogP contribution in [0, 0.1) is 17.5 Å². The average molecular weight is 294 g/mol. The summed E-state index contributed by atoms with van der Waals surface area (Å²) < 4.78 is 39.2. The Morgan fingerprint density at radius 2 is 1.62 bits per heavy atom. The van der Waals surface area contributed by atoms with E-state index in [9.17, 15) is 18.0 Å². The van der Waals surface area contributed by atoms with Gasteiger partial charge in [-0.1, -0.05) is 12.1 Å². The number of nitrogens with one attached hydrogen (secondary N) is 1. The van der Waals surface area contributed by atoms with E-state index < -0.39 is 23.2 Å². The summed E-state index contributed by atoms with van der Waals surface area (Å²) in [5.74, 6) is -2.89. The molecule has 0 fully saturated rings. The topological polar surface area (TPSA) is 55.1 Å². The summed E-state index contributed by atoms with van der Waals surface area (Å²) in [6, 6.07) is 7.61. The molecule has 110 valence electrons. The maximum Gasteiger partial charge on any atom is 0.251 e. The molecule has 3 nitrogen and oxygen atoms in total. The number of anilines is 1. The zero-order chi connectivity index (χ0) is 15.4. The molecule has 0 saturated heterocycles. The molecule has 0 saturated carbocycles. The number of hydrogen-bond donors (Lipinski definition) is 2. The van der Waals surface area contributed by atoms with Gasteiger partial charge in [0.15, 0.2) is 0 Å². The van der Waals surface area contributed by atoms with Crippen molar-refractivity contribution < 1.29 is 18.0 Å². The Labute approximate surface area is 119 Å². The van der Waals surface area contributed by atoms with Crippen molar-refractivity contribution in [2.45, 2.75) is 6.42 Å². The first-order valence-corrected chi connectivity index (χ1v) is 6.24. The quantitative estimate of drug-likeness (QED) is 0.852. The average Bonchev–Trinajstić information content (AvgIpc) is 2.46. The fraction of sp³-hybridized carbons (Fsp3) is 0.133. The second-order valence-corrected chi connectivity index (χ2v) is 4.49. The lowest BCUT2D eigenvalue weighted by Crippen LogP contribution is -2.26. The van der Waals surface area contributed by atoms with Crippen LogP contribution in [0.1, 0.15) is 15.9 Å². The van der Waals surface area contributed by atoms with Crippen LogP contribution in [-0.4, -0.2) is 12.5 Å². The number of nitrogens with two attached hydrogens (primary N) is 1. The third kappa shape index (κ3) is 3.75. The van der Waals surface area contributed by atoms with Gasteiger partial charge in [0.1, 0.15) is 23.1 Å². The van der Waals surface area contributed by atoms with Crippen LogP contribution >= 0.6 is 0 Å². The highest BCUT2D eigenvalue weighted by Gasteiger charge is 2.12. The van der Waals surface area contributed by atoms with E-state index in [4.69, 9.17) is 5.73 Å². The molecule has 0 atom stereocenters. The molecule has 0 bridgehead atoms. The molecule has 6 heteroatoms. The Bertz CT molecular complexity index is 633. The first-order valence-electron chi connectivity index (χ1n) is 6.24. The van der Waals surface area contributed by atoms with E-state index >= 15 is 0 Å². The molecular weight excluding hydrogens is 281 g/mol. The molecule has 0 unspecified atom stereocenters. The number of rotatable bonds is 4. The van der Waals surface area contributed by atoms with Crippen molar-refractivity contribution in [1.82, 2.24) is 5.32 Å². The Morgan fingerprint density at radius 3 is 2.19 bits per heavy atom. The molecule has 0 heterocycles. The van der Waals surface area contributed by atoms with Crippen LogP contribution in [0.2, 0.25) is 0 Å². The van der Waals surface area contributed by atoms with E-state index in [-0.39, 0.29) is 17.9 Å². The Kier molecular flexibility index (Phi) is 4.47. The summed E-state index contributed by atoms with van der Waals surface area (Å²) in [6.45, 7) is 0.262. The van der Waals surface area contributed by atoms with Crippen LogP contribution in [0.4, 0.5) is 18.9 Å². The maximum atomic E-state index is 13.2. The minimum atomic E-state index is -0.973. The molecule has 2 aromatic rings. The third-order valence-corrected chi connectivity index (χ3v) is 2.95. The standard InChI is InChI=1S/C15H13F3N2O/c16-11-3-1-9(2-4-11)5-6-20-15(21)10-7-12(17)14(19)13(18)8-10/h1-4,7-8H,5-6,19H2,(H,20,21). The van der Waals surface area contributed by atoms with Gasteiger partial charge in [0.25, 0.3) is 5.91 Å². The molecular formula is C15H13F3N2O. The highest BCUT2D eigenvalue weighted by Crippen LogP contribution is 2.17. The van der Waals surface area contributed by atoms with Crippen LogP contribution < -0.4 is 11.1 Å². The molecule has 0 aromatic heterocycles.